The molecule has 0 atom stereocenters. The van der Waals surface area contributed by atoms with E-state index in [2.05, 4.69) is 75.1 Å². The second-order valence-electron chi connectivity index (χ2n) is 12.2. The van der Waals surface area contributed by atoms with Crippen LogP contribution >= 0.6 is 11.3 Å². The minimum atomic E-state index is -0.0169. The average Bonchev–Trinajstić information content (AvgIpc) is 3.78. The van der Waals surface area contributed by atoms with Gasteiger partial charge in [-0.25, -0.2) is 9.97 Å². The number of aromatic nitrogens is 3. The molecule has 6 rings (SSSR count). The molecule has 2 fully saturated rings. The first-order chi connectivity index (χ1) is 21.4. The van der Waals surface area contributed by atoms with Gasteiger partial charge in [0.2, 0.25) is 5.91 Å². The van der Waals surface area contributed by atoms with Gasteiger partial charge in [0.05, 0.1) is 11.9 Å². The summed E-state index contributed by atoms with van der Waals surface area (Å²) in [6.07, 6.45) is 7.68. The van der Waals surface area contributed by atoms with E-state index >= 15 is 0 Å². The van der Waals surface area contributed by atoms with Crippen molar-refractivity contribution in [1.82, 2.24) is 29.7 Å². The van der Waals surface area contributed by atoms with Crippen LogP contribution in [0.15, 0.2) is 42.9 Å². The molecule has 2 aliphatic rings. The molecule has 3 aromatic heterocycles. The number of nitrogens with zero attached hydrogens (tertiary/aromatic N) is 6. The first-order valence-electron chi connectivity index (χ1n) is 15.9. The zero-order chi connectivity index (χ0) is 30.6. The van der Waals surface area contributed by atoms with Crippen molar-refractivity contribution in [3.63, 3.8) is 0 Å². The number of hydrogen-bond acceptors (Lipinski definition) is 8. The lowest BCUT2D eigenvalue weighted by Crippen LogP contribution is -2.39. The van der Waals surface area contributed by atoms with Crippen molar-refractivity contribution in [3.8, 4) is 6.07 Å². The van der Waals surface area contributed by atoms with E-state index in [1.807, 2.05) is 10.6 Å². The molecular formula is C34H42N8OS. The van der Waals surface area contributed by atoms with E-state index in [0.29, 0.717) is 30.4 Å². The van der Waals surface area contributed by atoms with E-state index in [1.165, 1.54) is 28.8 Å². The number of aryl methyl sites for hydroxylation is 2. The number of piperidine rings is 1. The van der Waals surface area contributed by atoms with Gasteiger partial charge in [-0.2, -0.15) is 5.26 Å². The molecule has 9 nitrogen and oxygen atoms in total. The summed E-state index contributed by atoms with van der Waals surface area (Å²) in [6.45, 7) is 14.6. The lowest BCUT2D eigenvalue weighted by atomic mass is 10.0. The van der Waals surface area contributed by atoms with Crippen molar-refractivity contribution in [2.45, 2.75) is 71.5 Å². The number of nitrogens with one attached hydrogen (secondary N) is 2. The maximum atomic E-state index is 12.5. The second kappa shape index (κ2) is 13.5. The first kappa shape index (κ1) is 30.3. The minimum absolute atomic E-state index is 0.0169. The van der Waals surface area contributed by atoms with Crippen molar-refractivity contribution in [3.05, 3.63) is 64.6 Å². The summed E-state index contributed by atoms with van der Waals surface area (Å²) >= 11 is 1.75. The van der Waals surface area contributed by atoms with Gasteiger partial charge in [0.15, 0.2) is 0 Å². The Labute approximate surface area is 263 Å². The third-order valence-electron chi connectivity index (χ3n) is 9.15. The molecule has 0 aliphatic carbocycles. The Morgan fingerprint density at radius 2 is 1.91 bits per heavy atom. The molecule has 44 heavy (non-hydrogen) atoms. The van der Waals surface area contributed by atoms with E-state index in [4.69, 9.17) is 0 Å². The number of allylic oxidation sites excluding steroid dienone is 1. The molecule has 2 N–H and O–H groups in total. The molecule has 0 radical (unpaired) electrons. The number of amides is 1. The van der Waals surface area contributed by atoms with Crippen LogP contribution in [-0.4, -0.2) is 69.0 Å². The Balaban J connectivity index is 1.06. The molecule has 10 heteroatoms. The largest absolute Gasteiger partial charge is 0.367 e. The maximum absolute atomic E-state index is 12.5. The van der Waals surface area contributed by atoms with Gasteiger partial charge in [0.1, 0.15) is 28.7 Å². The highest BCUT2D eigenvalue weighted by Crippen LogP contribution is 2.31. The number of anilines is 1. The number of hydrogen-bond donors (Lipinski definition) is 2. The van der Waals surface area contributed by atoms with Gasteiger partial charge in [0.25, 0.3) is 0 Å². The molecule has 0 saturated carbocycles. The number of rotatable bonds is 11. The molecule has 0 unspecified atom stereocenters. The third kappa shape index (κ3) is 6.65. The number of thiophene rings is 1. The zero-order valence-electron chi connectivity index (χ0n) is 25.9. The van der Waals surface area contributed by atoms with Gasteiger partial charge in [-0.1, -0.05) is 19.6 Å². The number of fused-ring (bicyclic) bond motifs is 2. The Morgan fingerprint density at radius 1 is 1.11 bits per heavy atom. The van der Waals surface area contributed by atoms with Crippen molar-refractivity contribution in [2.24, 2.45) is 0 Å². The van der Waals surface area contributed by atoms with Crippen molar-refractivity contribution >= 4 is 44.2 Å². The Bertz CT molecular complexity index is 1700. The van der Waals surface area contributed by atoms with Gasteiger partial charge in [-0.15, -0.1) is 11.3 Å². The van der Waals surface area contributed by atoms with Crippen LogP contribution in [0.5, 0.6) is 0 Å². The van der Waals surface area contributed by atoms with Gasteiger partial charge in [-0.3, -0.25) is 9.69 Å². The van der Waals surface area contributed by atoms with E-state index < -0.39 is 0 Å². The molecule has 4 aromatic rings. The Morgan fingerprint density at radius 3 is 2.66 bits per heavy atom. The zero-order valence-corrected chi connectivity index (χ0v) is 26.7. The monoisotopic (exact) mass is 610 g/mol. The van der Waals surface area contributed by atoms with E-state index in [9.17, 15) is 10.1 Å². The van der Waals surface area contributed by atoms with Gasteiger partial charge < -0.3 is 20.1 Å². The predicted molar refractivity (Wildman–Crippen MR) is 178 cm³/mol. The fraction of sp³-hybridized carbons (Fsp3) is 0.471. The average molecular weight is 611 g/mol. The minimum Gasteiger partial charge on any atom is -0.367 e. The number of likely N-dealkylation sites (tertiary alicyclic amines) is 2. The summed E-state index contributed by atoms with van der Waals surface area (Å²) in [7, 11) is 0. The number of benzene rings is 1. The van der Waals surface area contributed by atoms with Crippen LogP contribution in [0, 0.1) is 18.3 Å². The topological polar surface area (TPSA) is 102 Å². The summed E-state index contributed by atoms with van der Waals surface area (Å²) in [5.41, 5.74) is 4.66. The van der Waals surface area contributed by atoms with Crippen molar-refractivity contribution < 1.29 is 4.79 Å². The third-order valence-corrected chi connectivity index (χ3v) is 10.3. The van der Waals surface area contributed by atoms with E-state index in [0.717, 1.165) is 85.5 Å². The van der Waals surface area contributed by atoms with Crippen molar-refractivity contribution in [2.75, 3.05) is 38.0 Å². The van der Waals surface area contributed by atoms with E-state index in [1.54, 1.807) is 17.7 Å². The lowest BCUT2D eigenvalue weighted by molar-refractivity contribution is -0.120. The standard InChI is InChI=1S/C34H42N8OS/c1-4-28-18-30-33(36-22-37-34(30)44-28)39-26-9-14-41(15-10-26)21-25-7-8-31-29(24(25)3)17-27(19-35)42(31)20-23(2)38-32(43)11-16-40-12-5-6-13-40/h7-8,17-18,22,26H,2,4-6,9-16,20-21H2,1,3H3,(H,38,43)(H,36,37,39). The fourth-order valence-electron chi connectivity index (χ4n) is 6.58. The molecule has 5 heterocycles. The molecule has 2 saturated heterocycles. The summed E-state index contributed by atoms with van der Waals surface area (Å²) < 4.78 is 1.97. The summed E-state index contributed by atoms with van der Waals surface area (Å²) in [5, 5.41) is 18.8. The maximum Gasteiger partial charge on any atom is 0.225 e. The van der Waals surface area contributed by atoms with Crippen LogP contribution < -0.4 is 10.6 Å². The highest BCUT2D eigenvalue weighted by Gasteiger charge is 2.22. The van der Waals surface area contributed by atoms with Crippen LogP contribution in [-0.2, 0) is 24.3 Å². The summed E-state index contributed by atoms with van der Waals surface area (Å²) in [5.74, 6) is 0.935. The summed E-state index contributed by atoms with van der Waals surface area (Å²) in [6, 6.07) is 11.2. The Kier molecular flexibility index (Phi) is 9.26. The summed E-state index contributed by atoms with van der Waals surface area (Å²) in [4.78, 5) is 28.8. The second-order valence-corrected chi connectivity index (χ2v) is 13.3. The normalized spacial score (nSPS) is 16.5. The number of nitriles is 1. The quantitative estimate of drug-likeness (QED) is 0.229. The predicted octanol–water partition coefficient (Wildman–Crippen LogP) is 5.58. The highest BCUT2D eigenvalue weighted by molar-refractivity contribution is 7.18. The molecular weight excluding hydrogens is 568 g/mol. The van der Waals surface area contributed by atoms with Crippen LogP contribution in [0.2, 0.25) is 0 Å². The molecule has 1 amide bonds. The van der Waals surface area contributed by atoms with Gasteiger partial charge >= 0.3 is 0 Å². The SMILES string of the molecule is C=C(Cn1c(C#N)cc2c(C)c(CN3CCC(Nc4ncnc5sc(CC)cc45)CC3)ccc21)NC(=O)CCN1CCCC1. The number of carbonyl (C=O) groups is 1. The smallest absolute Gasteiger partial charge is 0.225 e. The molecule has 0 bridgehead atoms. The fourth-order valence-corrected chi connectivity index (χ4v) is 7.51. The van der Waals surface area contributed by atoms with Crippen LogP contribution in [0.4, 0.5) is 5.82 Å². The first-order valence-corrected chi connectivity index (χ1v) is 16.7. The molecule has 0 spiro atoms. The lowest BCUT2D eigenvalue weighted by Gasteiger charge is -2.33. The van der Waals surface area contributed by atoms with Gasteiger partial charge in [-0.05, 0) is 81.4 Å². The van der Waals surface area contributed by atoms with Crippen LogP contribution in [0.25, 0.3) is 21.1 Å². The Hall–Kier alpha value is -3.78. The van der Waals surface area contributed by atoms with Crippen LogP contribution in [0.3, 0.4) is 0 Å². The molecule has 2 aliphatic heterocycles. The van der Waals surface area contributed by atoms with Gasteiger partial charge in [0, 0.05) is 60.1 Å². The van der Waals surface area contributed by atoms with Crippen LogP contribution in [0.1, 0.15) is 60.7 Å². The highest BCUT2D eigenvalue weighted by atomic mass is 32.1. The molecule has 230 valence electrons. The molecule has 1 aromatic carbocycles. The van der Waals surface area contributed by atoms with E-state index in [-0.39, 0.29) is 5.91 Å². The number of carbonyl (C=O) groups excluding carboxylic acids is 1. The van der Waals surface area contributed by atoms with Crippen molar-refractivity contribution in [1.29, 1.82) is 5.26 Å².